The van der Waals surface area contributed by atoms with Gasteiger partial charge in [0, 0.05) is 25.8 Å². The Balaban J connectivity index is 1.86. The molecule has 2 heterocycles. The standard InChI is InChI=1S/C12H16F3N3O3/c1-8-11(20,3-5-21-8)7-16-10(19)6-18-4-2-9(17-18)12(13,14)15/h2,4,8,20H,3,5-7H2,1H3,(H,16,19). The van der Waals surface area contributed by atoms with Crippen molar-refractivity contribution in [1.29, 1.82) is 0 Å². The molecule has 2 N–H and O–H groups in total. The average Bonchev–Trinajstić information content (AvgIpc) is 2.96. The summed E-state index contributed by atoms with van der Waals surface area (Å²) >= 11 is 0. The zero-order valence-electron chi connectivity index (χ0n) is 11.4. The topological polar surface area (TPSA) is 76.4 Å². The summed E-state index contributed by atoms with van der Waals surface area (Å²) in [4.78, 5) is 11.7. The monoisotopic (exact) mass is 307 g/mol. The van der Waals surface area contributed by atoms with E-state index < -0.39 is 29.5 Å². The molecule has 21 heavy (non-hydrogen) atoms. The van der Waals surface area contributed by atoms with Crippen LogP contribution >= 0.6 is 0 Å². The van der Waals surface area contributed by atoms with Gasteiger partial charge in [-0.25, -0.2) is 0 Å². The van der Waals surface area contributed by atoms with Crippen LogP contribution in [0.1, 0.15) is 19.0 Å². The molecule has 6 nitrogen and oxygen atoms in total. The maximum atomic E-state index is 12.4. The van der Waals surface area contributed by atoms with Crippen LogP contribution < -0.4 is 5.32 Å². The molecule has 0 saturated carbocycles. The van der Waals surface area contributed by atoms with Crippen molar-refractivity contribution in [1.82, 2.24) is 15.1 Å². The molecule has 0 bridgehead atoms. The van der Waals surface area contributed by atoms with Gasteiger partial charge >= 0.3 is 6.18 Å². The summed E-state index contributed by atoms with van der Waals surface area (Å²) in [7, 11) is 0. The molecule has 2 atom stereocenters. The summed E-state index contributed by atoms with van der Waals surface area (Å²) in [6.07, 6.45) is -3.46. The fraction of sp³-hybridized carbons (Fsp3) is 0.667. The summed E-state index contributed by atoms with van der Waals surface area (Å²) in [5.41, 5.74) is -2.19. The van der Waals surface area contributed by atoms with Gasteiger partial charge in [0.2, 0.25) is 5.91 Å². The Kier molecular flexibility index (Phi) is 4.24. The molecule has 0 radical (unpaired) electrons. The van der Waals surface area contributed by atoms with Crippen molar-refractivity contribution < 1.29 is 27.8 Å². The van der Waals surface area contributed by atoms with Crippen molar-refractivity contribution in [2.45, 2.75) is 37.8 Å². The molecule has 0 aromatic carbocycles. The molecule has 2 unspecified atom stereocenters. The number of hydrogen-bond acceptors (Lipinski definition) is 4. The highest BCUT2D eigenvalue weighted by Gasteiger charge is 2.39. The van der Waals surface area contributed by atoms with E-state index >= 15 is 0 Å². The molecule has 1 aliphatic rings. The van der Waals surface area contributed by atoms with E-state index in [0.717, 1.165) is 16.9 Å². The molecule has 1 aliphatic heterocycles. The first kappa shape index (κ1) is 15.8. The van der Waals surface area contributed by atoms with Crippen LogP contribution in [0.5, 0.6) is 0 Å². The van der Waals surface area contributed by atoms with Crippen molar-refractivity contribution in [2.24, 2.45) is 0 Å². The van der Waals surface area contributed by atoms with Crippen molar-refractivity contribution >= 4 is 5.91 Å². The highest BCUT2D eigenvalue weighted by atomic mass is 19.4. The van der Waals surface area contributed by atoms with E-state index in [1.807, 2.05) is 0 Å². The Morgan fingerprint density at radius 2 is 2.38 bits per heavy atom. The van der Waals surface area contributed by atoms with Gasteiger partial charge in [-0.1, -0.05) is 0 Å². The van der Waals surface area contributed by atoms with Crippen molar-refractivity contribution in [2.75, 3.05) is 13.2 Å². The van der Waals surface area contributed by atoms with Crippen LogP contribution in [0.3, 0.4) is 0 Å². The minimum atomic E-state index is -4.53. The van der Waals surface area contributed by atoms with Gasteiger partial charge in [0.25, 0.3) is 0 Å². The Morgan fingerprint density at radius 3 is 2.90 bits per heavy atom. The maximum absolute atomic E-state index is 12.4. The second-order valence-electron chi connectivity index (χ2n) is 5.04. The van der Waals surface area contributed by atoms with Crippen LogP contribution in [0.4, 0.5) is 13.2 Å². The smallest absolute Gasteiger partial charge is 0.385 e. The Hall–Kier alpha value is -1.61. The van der Waals surface area contributed by atoms with Gasteiger partial charge in [0.15, 0.2) is 5.69 Å². The molecule has 1 amide bonds. The Morgan fingerprint density at radius 1 is 1.67 bits per heavy atom. The third-order valence-electron chi connectivity index (χ3n) is 3.49. The highest BCUT2D eigenvalue weighted by Crippen LogP contribution is 2.27. The van der Waals surface area contributed by atoms with Gasteiger partial charge in [0.1, 0.15) is 12.1 Å². The number of alkyl halides is 3. The zero-order valence-corrected chi connectivity index (χ0v) is 11.4. The van der Waals surface area contributed by atoms with E-state index in [2.05, 4.69) is 10.4 Å². The zero-order chi connectivity index (χ0) is 15.7. The van der Waals surface area contributed by atoms with E-state index in [-0.39, 0.29) is 13.1 Å². The van der Waals surface area contributed by atoms with Gasteiger partial charge < -0.3 is 15.2 Å². The molecule has 2 rings (SSSR count). The predicted molar refractivity (Wildman–Crippen MR) is 65.2 cm³/mol. The highest BCUT2D eigenvalue weighted by molar-refractivity contribution is 5.75. The number of carbonyl (C=O) groups excluding carboxylic acids is 1. The third-order valence-corrected chi connectivity index (χ3v) is 3.49. The molecule has 118 valence electrons. The summed E-state index contributed by atoms with van der Waals surface area (Å²) in [5.74, 6) is -0.528. The molecule has 1 fully saturated rings. The van der Waals surface area contributed by atoms with Crippen LogP contribution in [0, 0.1) is 0 Å². The fourth-order valence-corrected chi connectivity index (χ4v) is 2.06. The molecule has 0 aliphatic carbocycles. The Labute approximate surface area is 118 Å². The van der Waals surface area contributed by atoms with Crippen molar-refractivity contribution in [3.8, 4) is 0 Å². The van der Waals surface area contributed by atoms with E-state index in [0.29, 0.717) is 13.0 Å². The lowest BCUT2D eigenvalue weighted by Crippen LogP contribution is -2.48. The Bertz CT molecular complexity index is 517. The van der Waals surface area contributed by atoms with Gasteiger partial charge in [-0.2, -0.15) is 18.3 Å². The van der Waals surface area contributed by atoms with Crippen LogP contribution in [0.25, 0.3) is 0 Å². The maximum Gasteiger partial charge on any atom is 0.435 e. The summed E-state index contributed by atoms with van der Waals surface area (Å²) in [6.45, 7) is 1.74. The van der Waals surface area contributed by atoms with Gasteiger partial charge in [0.05, 0.1) is 6.10 Å². The first-order valence-electron chi connectivity index (χ1n) is 6.42. The first-order valence-corrected chi connectivity index (χ1v) is 6.42. The SMILES string of the molecule is CC1OCCC1(O)CNC(=O)Cn1ccc(C(F)(F)F)n1. The van der Waals surface area contributed by atoms with Crippen LogP contribution in [0.15, 0.2) is 12.3 Å². The van der Waals surface area contributed by atoms with Crippen LogP contribution in [-0.2, 0) is 22.3 Å². The van der Waals surface area contributed by atoms with E-state index in [4.69, 9.17) is 4.74 Å². The number of amides is 1. The summed E-state index contributed by atoms with van der Waals surface area (Å²) in [6, 6.07) is 0.799. The minimum absolute atomic E-state index is 0.0135. The molecule has 9 heteroatoms. The summed E-state index contributed by atoms with van der Waals surface area (Å²) < 4.78 is 43.2. The molecule has 1 aromatic heterocycles. The second kappa shape index (κ2) is 5.64. The number of halogens is 3. The number of aliphatic hydroxyl groups is 1. The molecular formula is C12H16F3N3O3. The normalized spacial score (nSPS) is 26.0. The largest absolute Gasteiger partial charge is 0.435 e. The number of aromatic nitrogens is 2. The number of carbonyl (C=O) groups is 1. The predicted octanol–water partition coefficient (Wildman–Crippen LogP) is 0.558. The van der Waals surface area contributed by atoms with E-state index in [1.165, 1.54) is 0 Å². The fourth-order valence-electron chi connectivity index (χ4n) is 2.06. The van der Waals surface area contributed by atoms with E-state index in [9.17, 15) is 23.1 Å². The minimum Gasteiger partial charge on any atom is -0.385 e. The van der Waals surface area contributed by atoms with Gasteiger partial charge in [-0.3, -0.25) is 9.48 Å². The number of nitrogens with zero attached hydrogens (tertiary/aromatic N) is 2. The number of rotatable bonds is 4. The summed E-state index contributed by atoms with van der Waals surface area (Å²) in [5, 5.41) is 15.9. The van der Waals surface area contributed by atoms with Gasteiger partial charge in [-0.15, -0.1) is 0 Å². The number of ether oxygens (including phenoxy) is 1. The van der Waals surface area contributed by atoms with Crippen molar-refractivity contribution in [3.63, 3.8) is 0 Å². The average molecular weight is 307 g/mol. The van der Waals surface area contributed by atoms with Gasteiger partial charge in [-0.05, 0) is 13.0 Å². The third kappa shape index (κ3) is 3.73. The van der Waals surface area contributed by atoms with Crippen molar-refractivity contribution in [3.05, 3.63) is 18.0 Å². The molecule has 0 spiro atoms. The second-order valence-corrected chi connectivity index (χ2v) is 5.04. The number of nitrogens with one attached hydrogen (secondary N) is 1. The molecule has 1 saturated heterocycles. The number of hydrogen-bond donors (Lipinski definition) is 2. The first-order chi connectivity index (χ1) is 9.71. The quantitative estimate of drug-likeness (QED) is 0.852. The lowest BCUT2D eigenvalue weighted by Gasteiger charge is -2.26. The van der Waals surface area contributed by atoms with Crippen LogP contribution in [-0.4, -0.2) is 45.7 Å². The lowest BCUT2D eigenvalue weighted by atomic mass is 9.97. The molecular weight excluding hydrogens is 291 g/mol. The van der Waals surface area contributed by atoms with Crippen LogP contribution in [0.2, 0.25) is 0 Å². The van der Waals surface area contributed by atoms with E-state index in [1.54, 1.807) is 6.92 Å². The molecule has 1 aromatic rings. The lowest BCUT2D eigenvalue weighted by molar-refractivity contribution is -0.141.